The summed E-state index contributed by atoms with van der Waals surface area (Å²) in [5.41, 5.74) is 3.47. The second-order valence-corrected chi connectivity index (χ2v) is 8.50. The molecule has 2 aromatic rings. The molecular weight excluding hydrogens is 354 g/mol. The van der Waals surface area contributed by atoms with Gasteiger partial charge in [0.15, 0.2) is 0 Å². The Bertz CT molecular complexity index is 902. The maximum Gasteiger partial charge on any atom is 0.341 e. The number of hydrogen-bond acceptors (Lipinski definition) is 5. The predicted molar refractivity (Wildman–Crippen MR) is 108 cm³/mol. The normalized spacial score (nSPS) is 16.8. The molecule has 0 atom stereocenters. The average molecular weight is 381 g/mol. The van der Waals surface area contributed by atoms with Gasteiger partial charge in [-0.15, -0.1) is 0 Å². The van der Waals surface area contributed by atoms with Crippen molar-refractivity contribution in [3.63, 3.8) is 0 Å². The lowest BCUT2D eigenvalue weighted by Crippen LogP contribution is -2.34. The number of nitrogens with zero attached hydrogens (tertiary/aromatic N) is 2. The average Bonchev–Trinajstić information content (AvgIpc) is 2.66. The van der Waals surface area contributed by atoms with Gasteiger partial charge in [-0.1, -0.05) is 33.8 Å². The minimum absolute atomic E-state index is 0.0267. The van der Waals surface area contributed by atoms with Crippen LogP contribution in [0.3, 0.4) is 0 Å². The first-order valence-electron chi connectivity index (χ1n) is 9.59. The number of esters is 1. The Kier molecular flexibility index (Phi) is 5.24. The van der Waals surface area contributed by atoms with E-state index in [2.05, 4.69) is 49.0 Å². The fourth-order valence-corrected chi connectivity index (χ4v) is 3.62. The number of fused-ring (bicyclic) bond motifs is 1. The van der Waals surface area contributed by atoms with Gasteiger partial charge in [0, 0.05) is 18.0 Å². The van der Waals surface area contributed by atoms with E-state index < -0.39 is 5.97 Å². The largest absolute Gasteiger partial charge is 0.462 e. The van der Waals surface area contributed by atoms with Crippen LogP contribution in [0.5, 0.6) is 0 Å². The van der Waals surface area contributed by atoms with Crippen molar-refractivity contribution < 1.29 is 14.3 Å². The smallest absolute Gasteiger partial charge is 0.341 e. The van der Waals surface area contributed by atoms with Crippen molar-refractivity contribution in [3.05, 3.63) is 52.8 Å². The highest BCUT2D eigenvalue weighted by molar-refractivity contribution is 6.03. The van der Waals surface area contributed by atoms with Gasteiger partial charge < -0.3 is 4.74 Å². The van der Waals surface area contributed by atoms with Crippen molar-refractivity contribution in [2.45, 2.75) is 58.3 Å². The highest BCUT2D eigenvalue weighted by atomic mass is 16.5. The zero-order valence-corrected chi connectivity index (χ0v) is 17.1. The van der Waals surface area contributed by atoms with Crippen molar-refractivity contribution in [3.8, 4) is 0 Å². The van der Waals surface area contributed by atoms with E-state index in [1.165, 1.54) is 23.5 Å². The van der Waals surface area contributed by atoms with Crippen LogP contribution < -0.4 is 5.32 Å². The van der Waals surface area contributed by atoms with Gasteiger partial charge in [0.25, 0.3) is 5.91 Å². The molecular formula is C22H27N3O3. The maximum atomic E-state index is 12.7. The summed E-state index contributed by atoms with van der Waals surface area (Å²) in [6.07, 6.45) is 4.90. The van der Waals surface area contributed by atoms with Crippen LogP contribution in [-0.2, 0) is 15.6 Å². The zero-order valence-electron chi connectivity index (χ0n) is 17.1. The van der Waals surface area contributed by atoms with E-state index in [1.807, 2.05) is 12.1 Å². The van der Waals surface area contributed by atoms with E-state index in [1.54, 1.807) is 6.92 Å². The van der Waals surface area contributed by atoms with Crippen molar-refractivity contribution in [1.29, 1.82) is 0 Å². The third kappa shape index (κ3) is 3.91. The first-order chi connectivity index (χ1) is 13.1. The first kappa shape index (κ1) is 20.0. The molecule has 1 aromatic heterocycles. The lowest BCUT2D eigenvalue weighted by Gasteiger charge is -2.42. The Balaban J connectivity index is 1.81. The van der Waals surface area contributed by atoms with Crippen LogP contribution >= 0.6 is 0 Å². The topological polar surface area (TPSA) is 81.2 Å². The Hall–Kier alpha value is -2.76. The molecule has 0 saturated carbocycles. The van der Waals surface area contributed by atoms with Gasteiger partial charge in [-0.25, -0.2) is 14.8 Å². The van der Waals surface area contributed by atoms with Gasteiger partial charge in [-0.05, 0) is 53.9 Å². The number of hydrogen-bond donors (Lipinski definition) is 1. The molecule has 1 aliphatic rings. The predicted octanol–water partition coefficient (Wildman–Crippen LogP) is 4.25. The SMILES string of the molecule is CCOC(=O)c1cnc(NC(=O)c2ccc3c(c2)C(C)(C)CCC3(C)C)nc1. The number of nitrogens with one attached hydrogen (secondary N) is 1. The van der Waals surface area contributed by atoms with Gasteiger partial charge in [-0.2, -0.15) is 0 Å². The lowest BCUT2D eigenvalue weighted by molar-refractivity contribution is 0.0525. The molecule has 0 bridgehead atoms. The van der Waals surface area contributed by atoms with Crippen molar-refractivity contribution >= 4 is 17.8 Å². The second-order valence-electron chi connectivity index (χ2n) is 8.50. The molecule has 1 heterocycles. The zero-order chi connectivity index (χ0) is 20.5. The number of ether oxygens (including phenoxy) is 1. The first-order valence-corrected chi connectivity index (χ1v) is 9.59. The molecule has 0 unspecified atom stereocenters. The molecule has 0 aliphatic heterocycles. The lowest BCUT2D eigenvalue weighted by atomic mass is 9.63. The Morgan fingerprint density at radius 2 is 1.61 bits per heavy atom. The summed E-state index contributed by atoms with van der Waals surface area (Å²) >= 11 is 0. The molecule has 1 amide bonds. The van der Waals surface area contributed by atoms with Crippen LogP contribution in [-0.4, -0.2) is 28.5 Å². The van der Waals surface area contributed by atoms with Gasteiger partial charge >= 0.3 is 5.97 Å². The van der Waals surface area contributed by atoms with E-state index in [9.17, 15) is 9.59 Å². The Morgan fingerprint density at radius 1 is 1.00 bits per heavy atom. The van der Waals surface area contributed by atoms with Crippen LogP contribution in [0.15, 0.2) is 30.6 Å². The summed E-state index contributed by atoms with van der Waals surface area (Å²) in [7, 11) is 0. The summed E-state index contributed by atoms with van der Waals surface area (Å²) in [6, 6.07) is 5.90. The number of rotatable bonds is 4. The molecule has 0 saturated heterocycles. The van der Waals surface area contributed by atoms with Crippen LogP contribution in [0.2, 0.25) is 0 Å². The van der Waals surface area contributed by atoms with Gasteiger partial charge in [0.2, 0.25) is 5.95 Å². The third-order valence-electron chi connectivity index (χ3n) is 5.50. The Morgan fingerprint density at radius 3 is 2.21 bits per heavy atom. The van der Waals surface area contributed by atoms with Crippen LogP contribution in [0.25, 0.3) is 0 Å². The van der Waals surface area contributed by atoms with E-state index in [4.69, 9.17) is 4.74 Å². The highest BCUT2D eigenvalue weighted by Gasteiger charge is 2.37. The number of benzene rings is 1. The fourth-order valence-electron chi connectivity index (χ4n) is 3.62. The van der Waals surface area contributed by atoms with Crippen LogP contribution in [0, 0.1) is 0 Å². The van der Waals surface area contributed by atoms with E-state index >= 15 is 0 Å². The maximum absolute atomic E-state index is 12.7. The molecule has 6 heteroatoms. The summed E-state index contributed by atoms with van der Waals surface area (Å²) in [6.45, 7) is 11.0. The molecule has 0 spiro atoms. The summed E-state index contributed by atoms with van der Waals surface area (Å²) in [5, 5.41) is 2.70. The van der Waals surface area contributed by atoms with Crippen molar-refractivity contribution in [1.82, 2.24) is 9.97 Å². The highest BCUT2D eigenvalue weighted by Crippen LogP contribution is 2.45. The summed E-state index contributed by atoms with van der Waals surface area (Å²) in [4.78, 5) is 32.5. The third-order valence-corrected chi connectivity index (χ3v) is 5.50. The molecule has 3 rings (SSSR count). The molecule has 28 heavy (non-hydrogen) atoms. The molecule has 6 nitrogen and oxygen atoms in total. The van der Waals surface area contributed by atoms with Gasteiger partial charge in [0.1, 0.15) is 0 Å². The molecule has 1 N–H and O–H groups in total. The monoisotopic (exact) mass is 381 g/mol. The quantitative estimate of drug-likeness (QED) is 0.801. The minimum atomic E-state index is -0.486. The molecule has 0 fully saturated rings. The summed E-state index contributed by atoms with van der Waals surface area (Å²) < 4.78 is 4.90. The molecule has 1 aromatic carbocycles. The van der Waals surface area contributed by atoms with Crippen molar-refractivity contribution in [2.24, 2.45) is 0 Å². The van der Waals surface area contributed by atoms with E-state index in [0.717, 1.165) is 12.8 Å². The summed E-state index contributed by atoms with van der Waals surface area (Å²) in [5.74, 6) is -0.610. The van der Waals surface area contributed by atoms with Crippen LogP contribution in [0.1, 0.15) is 79.3 Å². The number of anilines is 1. The van der Waals surface area contributed by atoms with E-state index in [0.29, 0.717) is 5.56 Å². The van der Waals surface area contributed by atoms with Gasteiger partial charge in [-0.3, -0.25) is 10.1 Å². The minimum Gasteiger partial charge on any atom is -0.462 e. The van der Waals surface area contributed by atoms with Crippen molar-refractivity contribution in [2.75, 3.05) is 11.9 Å². The molecule has 1 aliphatic carbocycles. The van der Waals surface area contributed by atoms with Crippen LogP contribution in [0.4, 0.5) is 5.95 Å². The van der Waals surface area contributed by atoms with E-state index in [-0.39, 0.29) is 34.9 Å². The number of amides is 1. The standard InChI is InChI=1S/C22H27N3O3/c1-6-28-19(27)15-12-23-20(24-13-15)25-18(26)14-7-8-16-17(11-14)22(4,5)10-9-21(16,2)3/h7-8,11-13H,6,9-10H2,1-5H3,(H,23,24,25,26). The second kappa shape index (κ2) is 7.34. The fraction of sp³-hybridized carbons (Fsp3) is 0.455. The van der Waals surface area contributed by atoms with Gasteiger partial charge in [0.05, 0.1) is 12.2 Å². The molecule has 148 valence electrons. The number of carbonyl (C=O) groups excluding carboxylic acids is 2. The Labute approximate surface area is 165 Å². The number of carbonyl (C=O) groups is 2. The number of aromatic nitrogens is 2. The molecule has 0 radical (unpaired) electrons.